The first-order chi connectivity index (χ1) is 16.9. The van der Waals surface area contributed by atoms with E-state index in [4.69, 9.17) is 10.1 Å². The fourth-order valence-electron chi connectivity index (χ4n) is 3.69. The maximum Gasteiger partial charge on any atom is 0.305 e. The lowest BCUT2D eigenvalue weighted by molar-refractivity contribution is -0.139. The lowest BCUT2D eigenvalue weighted by atomic mass is 10.1. The second-order valence-electron chi connectivity index (χ2n) is 7.87. The number of nitrogens with zero attached hydrogens (tertiary/aromatic N) is 4. The van der Waals surface area contributed by atoms with Crippen molar-refractivity contribution in [3.05, 3.63) is 85.1 Å². The first-order valence-electron chi connectivity index (χ1n) is 10.9. The number of aromatic nitrogens is 4. The molecule has 0 saturated carbocycles. The first kappa shape index (κ1) is 23.9. The summed E-state index contributed by atoms with van der Waals surface area (Å²) in [4.78, 5) is 24.0. The van der Waals surface area contributed by atoms with Crippen LogP contribution in [0.25, 0.3) is 40.2 Å². The van der Waals surface area contributed by atoms with Gasteiger partial charge in [-0.3, -0.25) is 9.36 Å². The van der Waals surface area contributed by atoms with Crippen LogP contribution in [0.3, 0.4) is 0 Å². The van der Waals surface area contributed by atoms with E-state index in [9.17, 15) is 19.4 Å². The molecule has 2 heterocycles. The third-order valence-electron chi connectivity index (χ3n) is 5.27. The van der Waals surface area contributed by atoms with Crippen molar-refractivity contribution in [1.29, 1.82) is 0 Å². The highest BCUT2D eigenvalue weighted by atomic mass is 19.1. The summed E-state index contributed by atoms with van der Waals surface area (Å²) in [6.45, 7) is 0. The minimum atomic E-state index is -1.20. The van der Waals surface area contributed by atoms with Crippen LogP contribution < -0.4 is 0 Å². The standard InChI is InChI=1S/C26H23FN4O4/c27-19-8-6-17(7-9-19)25-24(22-10-12-28-16-29-22)30-26(18-4-2-1-3-5-18)31(25)13-11-20(32)14-21(33)15-23(34)35/h1-13,16,20-21,32-33H,14-15H2,(H,34,35). The van der Waals surface area contributed by atoms with Crippen molar-refractivity contribution in [2.45, 2.75) is 25.0 Å². The van der Waals surface area contributed by atoms with E-state index < -0.39 is 24.6 Å². The fourth-order valence-corrected chi connectivity index (χ4v) is 3.69. The average Bonchev–Trinajstić information content (AvgIpc) is 3.23. The molecule has 0 radical (unpaired) electrons. The summed E-state index contributed by atoms with van der Waals surface area (Å²) in [5.74, 6) is -0.985. The Bertz CT molecular complexity index is 1310. The SMILES string of the molecule is O=C(O)CC(O)CC(O)C=Cn1c(-c2ccccc2)nc(-c2ccncn2)c1-c1ccc(F)cc1. The predicted octanol–water partition coefficient (Wildman–Crippen LogP) is 3.87. The van der Waals surface area contributed by atoms with Crippen LogP contribution in [0.1, 0.15) is 12.8 Å². The van der Waals surface area contributed by atoms with Crippen LogP contribution in [-0.2, 0) is 4.79 Å². The number of benzene rings is 2. The van der Waals surface area contributed by atoms with Gasteiger partial charge in [0.15, 0.2) is 0 Å². The van der Waals surface area contributed by atoms with Gasteiger partial charge < -0.3 is 15.3 Å². The zero-order chi connectivity index (χ0) is 24.8. The number of imidazole rings is 1. The molecule has 0 saturated heterocycles. The molecule has 0 spiro atoms. The van der Waals surface area contributed by atoms with Crippen molar-refractivity contribution >= 4 is 12.2 Å². The minimum absolute atomic E-state index is 0.150. The number of aliphatic carboxylic acids is 1. The molecule has 9 heteroatoms. The summed E-state index contributed by atoms with van der Waals surface area (Å²) in [6, 6.07) is 17.1. The van der Waals surface area contributed by atoms with Gasteiger partial charge in [-0.05, 0) is 36.4 Å². The number of hydrogen-bond acceptors (Lipinski definition) is 6. The summed E-state index contributed by atoms with van der Waals surface area (Å²) in [6.07, 6.45) is 3.14. The zero-order valence-corrected chi connectivity index (χ0v) is 18.6. The van der Waals surface area contributed by atoms with E-state index in [1.54, 1.807) is 35.2 Å². The molecular formula is C26H23FN4O4. The lowest BCUT2D eigenvalue weighted by Gasteiger charge is -2.13. The van der Waals surface area contributed by atoms with Crippen molar-refractivity contribution < 1.29 is 24.5 Å². The van der Waals surface area contributed by atoms with Gasteiger partial charge in [-0.2, -0.15) is 0 Å². The van der Waals surface area contributed by atoms with Gasteiger partial charge in [0, 0.05) is 29.9 Å². The van der Waals surface area contributed by atoms with Crippen molar-refractivity contribution in [1.82, 2.24) is 19.5 Å². The largest absolute Gasteiger partial charge is 0.481 e. The molecule has 0 fully saturated rings. The molecule has 2 unspecified atom stereocenters. The number of aliphatic hydroxyl groups is 2. The molecule has 8 nitrogen and oxygen atoms in total. The Morgan fingerprint density at radius 2 is 1.77 bits per heavy atom. The monoisotopic (exact) mass is 474 g/mol. The van der Waals surface area contributed by atoms with E-state index in [1.807, 2.05) is 30.3 Å². The second kappa shape index (κ2) is 10.8. The molecule has 4 aromatic rings. The van der Waals surface area contributed by atoms with Crippen LogP contribution in [0.4, 0.5) is 4.39 Å². The molecule has 0 amide bonds. The summed E-state index contributed by atoms with van der Waals surface area (Å²) in [5.41, 5.74) is 3.15. The second-order valence-corrected chi connectivity index (χ2v) is 7.87. The molecular weight excluding hydrogens is 451 g/mol. The zero-order valence-electron chi connectivity index (χ0n) is 18.6. The van der Waals surface area contributed by atoms with Gasteiger partial charge in [-0.25, -0.2) is 19.3 Å². The molecule has 2 atom stereocenters. The summed E-state index contributed by atoms with van der Waals surface area (Å²) < 4.78 is 15.5. The molecule has 2 aromatic heterocycles. The topological polar surface area (TPSA) is 121 Å². The highest BCUT2D eigenvalue weighted by Crippen LogP contribution is 2.36. The molecule has 35 heavy (non-hydrogen) atoms. The Labute approximate surface area is 200 Å². The van der Waals surface area contributed by atoms with Gasteiger partial charge >= 0.3 is 5.97 Å². The van der Waals surface area contributed by atoms with E-state index in [2.05, 4.69) is 9.97 Å². The highest BCUT2D eigenvalue weighted by Gasteiger charge is 2.21. The number of carboxylic acid groups (broad SMARTS) is 1. The summed E-state index contributed by atoms with van der Waals surface area (Å²) >= 11 is 0. The summed E-state index contributed by atoms with van der Waals surface area (Å²) in [5, 5.41) is 29.2. The van der Waals surface area contributed by atoms with Crippen LogP contribution in [0.2, 0.25) is 0 Å². The smallest absolute Gasteiger partial charge is 0.305 e. The maximum absolute atomic E-state index is 13.7. The summed E-state index contributed by atoms with van der Waals surface area (Å²) in [7, 11) is 0. The molecule has 0 aliphatic rings. The van der Waals surface area contributed by atoms with Crippen LogP contribution in [0.5, 0.6) is 0 Å². The molecule has 2 aromatic carbocycles. The number of halogens is 1. The third kappa shape index (κ3) is 5.84. The molecule has 4 rings (SSSR count). The Morgan fingerprint density at radius 1 is 1.03 bits per heavy atom. The molecule has 0 aliphatic heterocycles. The molecule has 178 valence electrons. The van der Waals surface area contributed by atoms with Crippen LogP contribution in [-0.4, -0.2) is 53.0 Å². The van der Waals surface area contributed by atoms with Crippen LogP contribution in [0, 0.1) is 5.82 Å². The van der Waals surface area contributed by atoms with Gasteiger partial charge in [0.25, 0.3) is 0 Å². The Morgan fingerprint density at radius 3 is 2.43 bits per heavy atom. The van der Waals surface area contributed by atoms with Crippen LogP contribution >= 0.6 is 0 Å². The van der Waals surface area contributed by atoms with Gasteiger partial charge in [-0.15, -0.1) is 0 Å². The quantitative estimate of drug-likeness (QED) is 0.337. The van der Waals surface area contributed by atoms with E-state index in [0.29, 0.717) is 28.5 Å². The van der Waals surface area contributed by atoms with Crippen molar-refractivity contribution in [2.75, 3.05) is 0 Å². The molecule has 0 aliphatic carbocycles. The Kier molecular flexibility index (Phi) is 7.39. The van der Waals surface area contributed by atoms with Crippen LogP contribution in [0.15, 0.2) is 79.3 Å². The maximum atomic E-state index is 13.7. The number of aliphatic hydroxyl groups excluding tert-OH is 2. The van der Waals surface area contributed by atoms with Crippen molar-refractivity contribution in [3.8, 4) is 34.0 Å². The third-order valence-corrected chi connectivity index (χ3v) is 5.27. The van der Waals surface area contributed by atoms with Gasteiger partial charge in [0.05, 0.1) is 30.0 Å². The van der Waals surface area contributed by atoms with E-state index >= 15 is 0 Å². The number of carboxylic acids is 1. The van der Waals surface area contributed by atoms with E-state index in [1.165, 1.54) is 24.5 Å². The average molecular weight is 474 g/mol. The lowest BCUT2D eigenvalue weighted by Crippen LogP contribution is -2.19. The number of carbonyl (C=O) groups is 1. The Balaban J connectivity index is 1.86. The van der Waals surface area contributed by atoms with Gasteiger partial charge in [0.1, 0.15) is 23.7 Å². The van der Waals surface area contributed by atoms with Crippen molar-refractivity contribution in [2.24, 2.45) is 0 Å². The fraction of sp³-hybridized carbons (Fsp3) is 0.154. The van der Waals surface area contributed by atoms with Gasteiger partial charge in [-0.1, -0.05) is 30.3 Å². The Hall–Kier alpha value is -4.21. The molecule has 0 bridgehead atoms. The van der Waals surface area contributed by atoms with E-state index in [0.717, 1.165) is 5.56 Å². The number of rotatable bonds is 9. The first-order valence-corrected chi connectivity index (χ1v) is 10.9. The number of hydrogen-bond donors (Lipinski definition) is 3. The highest BCUT2D eigenvalue weighted by molar-refractivity contribution is 5.82. The van der Waals surface area contributed by atoms with Gasteiger partial charge in [0.2, 0.25) is 0 Å². The minimum Gasteiger partial charge on any atom is -0.481 e. The molecule has 3 N–H and O–H groups in total. The van der Waals surface area contributed by atoms with E-state index in [-0.39, 0.29) is 12.2 Å². The van der Waals surface area contributed by atoms with Crippen molar-refractivity contribution in [3.63, 3.8) is 0 Å². The normalized spacial score (nSPS) is 13.1. The predicted molar refractivity (Wildman–Crippen MR) is 128 cm³/mol.